The van der Waals surface area contributed by atoms with Gasteiger partial charge in [-0.15, -0.1) is 5.10 Å². The number of aromatic nitrogens is 4. The van der Waals surface area contributed by atoms with Crippen LogP contribution in [-0.2, 0) is 7.05 Å². The number of thioether (sulfide) groups is 1. The Bertz CT molecular complexity index is 304. The highest BCUT2D eigenvalue weighted by molar-refractivity contribution is 7.99. The van der Waals surface area contributed by atoms with E-state index < -0.39 is 0 Å². The Kier molecular flexibility index (Phi) is 5.21. The predicted molar refractivity (Wildman–Crippen MR) is 66.5 cm³/mol. The molecule has 0 atom stereocenters. The summed E-state index contributed by atoms with van der Waals surface area (Å²) in [5.41, 5.74) is 0.223. The van der Waals surface area contributed by atoms with Crippen LogP contribution < -0.4 is 5.32 Å². The Morgan fingerprint density at radius 1 is 1.31 bits per heavy atom. The zero-order valence-corrected chi connectivity index (χ0v) is 11.3. The largest absolute Gasteiger partial charge is 0.312 e. The van der Waals surface area contributed by atoms with E-state index in [4.69, 9.17) is 0 Å². The summed E-state index contributed by atoms with van der Waals surface area (Å²) in [7, 11) is 1.86. The van der Waals surface area contributed by atoms with Gasteiger partial charge >= 0.3 is 0 Å². The smallest absolute Gasteiger partial charge is 0.209 e. The minimum Gasteiger partial charge on any atom is -0.312 e. The minimum absolute atomic E-state index is 0.223. The Balaban J connectivity index is 2.03. The third-order valence-electron chi connectivity index (χ3n) is 2.04. The van der Waals surface area contributed by atoms with Crippen LogP contribution in [0.15, 0.2) is 5.16 Å². The second kappa shape index (κ2) is 6.20. The van der Waals surface area contributed by atoms with E-state index in [2.05, 4.69) is 41.6 Å². The number of hydrogen-bond donors (Lipinski definition) is 1. The number of nitrogens with zero attached hydrogens (tertiary/aromatic N) is 4. The molecule has 92 valence electrons. The molecule has 1 rings (SSSR count). The second-order valence-electron chi connectivity index (χ2n) is 4.82. The summed E-state index contributed by atoms with van der Waals surface area (Å²) in [6.07, 6.45) is 2.37. The molecule has 0 bridgehead atoms. The van der Waals surface area contributed by atoms with Crippen molar-refractivity contribution in [2.45, 2.75) is 44.3 Å². The van der Waals surface area contributed by atoms with Crippen LogP contribution in [0.25, 0.3) is 0 Å². The first-order valence-corrected chi connectivity index (χ1v) is 6.58. The Morgan fingerprint density at radius 3 is 2.62 bits per heavy atom. The number of nitrogens with one attached hydrogen (secondary N) is 1. The lowest BCUT2D eigenvalue weighted by Gasteiger charge is -2.20. The lowest BCUT2D eigenvalue weighted by Crippen LogP contribution is -2.36. The van der Waals surface area contributed by atoms with Gasteiger partial charge in [0.15, 0.2) is 0 Å². The van der Waals surface area contributed by atoms with Crippen LogP contribution in [0, 0.1) is 0 Å². The Hall–Kier alpha value is -0.620. The molecule has 0 fully saturated rings. The monoisotopic (exact) mass is 243 g/mol. The minimum atomic E-state index is 0.223. The summed E-state index contributed by atoms with van der Waals surface area (Å²) in [4.78, 5) is 0. The molecular weight excluding hydrogens is 222 g/mol. The maximum Gasteiger partial charge on any atom is 0.209 e. The SMILES string of the molecule is Cn1nnnc1SCCCCNC(C)(C)C. The third kappa shape index (κ3) is 5.46. The summed E-state index contributed by atoms with van der Waals surface area (Å²) in [5, 5.41) is 15.7. The van der Waals surface area contributed by atoms with Gasteiger partial charge in [0, 0.05) is 18.3 Å². The van der Waals surface area contributed by atoms with Gasteiger partial charge in [0.2, 0.25) is 5.16 Å². The van der Waals surface area contributed by atoms with E-state index in [9.17, 15) is 0 Å². The average Bonchev–Trinajstić information content (AvgIpc) is 2.56. The van der Waals surface area contributed by atoms with Crippen molar-refractivity contribution in [3.05, 3.63) is 0 Å². The van der Waals surface area contributed by atoms with Crippen LogP contribution in [0.2, 0.25) is 0 Å². The molecule has 16 heavy (non-hydrogen) atoms. The van der Waals surface area contributed by atoms with Gasteiger partial charge in [0.1, 0.15) is 0 Å². The van der Waals surface area contributed by atoms with E-state index in [-0.39, 0.29) is 5.54 Å². The average molecular weight is 243 g/mol. The fourth-order valence-corrected chi connectivity index (χ4v) is 2.05. The fraction of sp³-hybridized carbons (Fsp3) is 0.900. The Morgan fingerprint density at radius 2 is 2.06 bits per heavy atom. The molecule has 0 aromatic carbocycles. The van der Waals surface area contributed by atoms with Crippen molar-refractivity contribution < 1.29 is 0 Å². The molecule has 6 heteroatoms. The van der Waals surface area contributed by atoms with Crippen molar-refractivity contribution in [3.63, 3.8) is 0 Å². The van der Waals surface area contributed by atoms with Gasteiger partial charge in [0.05, 0.1) is 0 Å². The highest BCUT2D eigenvalue weighted by Gasteiger charge is 2.07. The lowest BCUT2D eigenvalue weighted by molar-refractivity contribution is 0.421. The lowest BCUT2D eigenvalue weighted by atomic mass is 10.1. The molecule has 1 heterocycles. The first-order valence-electron chi connectivity index (χ1n) is 5.59. The molecule has 1 aromatic heterocycles. The Labute approximate surface area is 101 Å². The number of tetrazole rings is 1. The van der Waals surface area contributed by atoms with Gasteiger partial charge < -0.3 is 5.32 Å². The number of rotatable bonds is 6. The second-order valence-corrected chi connectivity index (χ2v) is 5.88. The molecule has 5 nitrogen and oxygen atoms in total. The van der Waals surface area contributed by atoms with Crippen LogP contribution in [0.1, 0.15) is 33.6 Å². The number of hydrogen-bond acceptors (Lipinski definition) is 5. The quantitative estimate of drug-likeness (QED) is 0.606. The van der Waals surface area contributed by atoms with Crippen molar-refractivity contribution in [2.75, 3.05) is 12.3 Å². The van der Waals surface area contributed by atoms with E-state index in [1.54, 1.807) is 16.4 Å². The zero-order chi connectivity index (χ0) is 12.0. The molecule has 0 spiro atoms. The van der Waals surface area contributed by atoms with E-state index in [1.165, 1.54) is 12.8 Å². The summed E-state index contributed by atoms with van der Waals surface area (Å²) < 4.78 is 1.71. The maximum atomic E-state index is 3.92. The normalized spacial score (nSPS) is 12.0. The molecule has 0 saturated heterocycles. The third-order valence-corrected chi connectivity index (χ3v) is 3.14. The van der Waals surface area contributed by atoms with E-state index >= 15 is 0 Å². The van der Waals surface area contributed by atoms with Crippen LogP contribution in [-0.4, -0.2) is 38.0 Å². The predicted octanol–water partition coefficient (Wildman–Crippen LogP) is 1.47. The van der Waals surface area contributed by atoms with Gasteiger partial charge in [-0.1, -0.05) is 11.8 Å². The van der Waals surface area contributed by atoms with Gasteiger partial charge in [-0.25, -0.2) is 4.68 Å². The molecule has 0 unspecified atom stereocenters. The molecular formula is C10H21N5S. The summed E-state index contributed by atoms with van der Waals surface area (Å²) >= 11 is 1.71. The molecule has 0 aliphatic heterocycles. The van der Waals surface area contributed by atoms with E-state index in [0.717, 1.165) is 17.5 Å². The van der Waals surface area contributed by atoms with E-state index in [1.807, 2.05) is 7.05 Å². The summed E-state index contributed by atoms with van der Waals surface area (Å²) in [5.74, 6) is 1.07. The topological polar surface area (TPSA) is 55.6 Å². The maximum absolute atomic E-state index is 3.92. The molecule has 1 aromatic rings. The summed E-state index contributed by atoms with van der Waals surface area (Å²) in [6.45, 7) is 7.63. The van der Waals surface area contributed by atoms with Crippen LogP contribution in [0.5, 0.6) is 0 Å². The van der Waals surface area contributed by atoms with Crippen LogP contribution in [0.3, 0.4) is 0 Å². The molecule has 0 amide bonds. The molecule has 0 aliphatic carbocycles. The van der Waals surface area contributed by atoms with Crippen molar-refractivity contribution >= 4 is 11.8 Å². The van der Waals surface area contributed by atoms with Crippen LogP contribution in [0.4, 0.5) is 0 Å². The van der Waals surface area contributed by atoms with Crippen molar-refractivity contribution in [2.24, 2.45) is 7.05 Å². The number of unbranched alkanes of at least 4 members (excludes halogenated alkanes) is 1. The first-order chi connectivity index (χ1) is 7.49. The van der Waals surface area contributed by atoms with Gasteiger partial charge in [-0.05, 0) is 50.6 Å². The highest BCUT2D eigenvalue weighted by atomic mass is 32.2. The van der Waals surface area contributed by atoms with Gasteiger partial charge in [0.25, 0.3) is 0 Å². The van der Waals surface area contributed by atoms with Gasteiger partial charge in [-0.3, -0.25) is 0 Å². The molecule has 1 N–H and O–H groups in total. The fourth-order valence-electron chi connectivity index (χ4n) is 1.20. The van der Waals surface area contributed by atoms with Gasteiger partial charge in [-0.2, -0.15) is 0 Å². The highest BCUT2D eigenvalue weighted by Crippen LogP contribution is 2.14. The van der Waals surface area contributed by atoms with Crippen molar-refractivity contribution in [3.8, 4) is 0 Å². The first kappa shape index (κ1) is 13.4. The molecule has 0 saturated carbocycles. The zero-order valence-electron chi connectivity index (χ0n) is 10.5. The van der Waals surface area contributed by atoms with Crippen LogP contribution >= 0.6 is 11.8 Å². The number of aryl methyl sites for hydroxylation is 1. The molecule has 0 radical (unpaired) electrons. The van der Waals surface area contributed by atoms with Crippen molar-refractivity contribution in [1.82, 2.24) is 25.5 Å². The molecule has 0 aliphatic rings. The standard InChI is InChI=1S/C10H21N5S/c1-10(2,3)11-7-5-6-8-16-9-12-13-14-15(9)4/h11H,5-8H2,1-4H3. The summed E-state index contributed by atoms with van der Waals surface area (Å²) in [6, 6.07) is 0. The van der Waals surface area contributed by atoms with Crippen molar-refractivity contribution in [1.29, 1.82) is 0 Å². The van der Waals surface area contributed by atoms with E-state index in [0.29, 0.717) is 0 Å².